The van der Waals surface area contributed by atoms with Crippen molar-refractivity contribution < 1.29 is 23.5 Å². The Hall–Kier alpha value is -2.70. The molecule has 6 atom stereocenters. The lowest BCUT2D eigenvalue weighted by Crippen LogP contribution is -2.45. The number of halogens is 1. The van der Waals surface area contributed by atoms with Crippen molar-refractivity contribution in [2.75, 3.05) is 13.1 Å². The molecule has 0 aromatic heterocycles. The van der Waals surface area contributed by atoms with Crippen LogP contribution in [-0.2, 0) is 19.1 Å². The van der Waals surface area contributed by atoms with Gasteiger partial charge < -0.3 is 14.4 Å². The van der Waals surface area contributed by atoms with Crippen molar-refractivity contribution >= 4 is 17.9 Å². The Morgan fingerprint density at radius 2 is 2.03 bits per heavy atom. The zero-order chi connectivity index (χ0) is 21.2. The number of amides is 1. The third-order valence-electron chi connectivity index (χ3n) is 7.77. The van der Waals surface area contributed by atoms with Gasteiger partial charge in [-0.1, -0.05) is 36.0 Å². The number of allylic oxidation sites excluding steroid dienone is 6. The molecule has 31 heavy (non-hydrogen) atoms. The molecule has 0 N–H and O–H groups in total. The van der Waals surface area contributed by atoms with Crippen molar-refractivity contribution in [3.8, 4) is 0 Å². The van der Waals surface area contributed by atoms with Crippen molar-refractivity contribution in [3.05, 3.63) is 47.9 Å². The first-order chi connectivity index (χ1) is 15.0. The number of carbonyl (C=O) groups is 2. The average Bonchev–Trinajstić information content (AvgIpc) is 3.20. The smallest absolute Gasteiger partial charge is 0.313 e. The molecule has 1 amide bonds. The second-order valence-electron chi connectivity index (χ2n) is 9.47. The summed E-state index contributed by atoms with van der Waals surface area (Å²) >= 11 is 0. The van der Waals surface area contributed by atoms with E-state index in [9.17, 15) is 14.0 Å². The number of aliphatic imine (C=N–C) groups is 1. The maximum atomic E-state index is 14.7. The van der Waals surface area contributed by atoms with Gasteiger partial charge in [0.15, 0.2) is 5.60 Å². The standard InChI is InChI=1S/C24H25FN2O4/c25-18-7-3-6-17-20(18)16-8-10-27(11-9-19(16)30-21(17)28)23-26-22(29)24(31-23)12-14-4-1-2-5-15(14)13-24/h1-4,6-7,15-17,19-20H,5,8-13H2. The lowest BCUT2D eigenvalue weighted by Gasteiger charge is -2.40. The summed E-state index contributed by atoms with van der Waals surface area (Å²) in [5.41, 5.74) is 0.386. The van der Waals surface area contributed by atoms with E-state index < -0.39 is 17.4 Å². The predicted octanol–water partition coefficient (Wildman–Crippen LogP) is 3.23. The van der Waals surface area contributed by atoms with Crippen LogP contribution in [0.4, 0.5) is 4.39 Å². The van der Waals surface area contributed by atoms with Gasteiger partial charge >= 0.3 is 5.97 Å². The van der Waals surface area contributed by atoms with E-state index in [0.29, 0.717) is 50.7 Å². The SMILES string of the molecule is O=C1OC2CCN(C3=NC(=O)C4(CC5=CC=CCC5C4)O3)CCC2C2C(F)=CC=CC12. The van der Waals surface area contributed by atoms with Crippen LogP contribution in [-0.4, -0.2) is 47.6 Å². The van der Waals surface area contributed by atoms with Gasteiger partial charge in [-0.2, -0.15) is 4.99 Å². The van der Waals surface area contributed by atoms with E-state index in [1.807, 2.05) is 11.0 Å². The largest absolute Gasteiger partial charge is 0.462 e. The quantitative estimate of drug-likeness (QED) is 0.559. The minimum atomic E-state index is -0.877. The van der Waals surface area contributed by atoms with E-state index in [1.165, 1.54) is 11.6 Å². The molecule has 3 aliphatic heterocycles. The molecule has 6 rings (SSSR count). The van der Waals surface area contributed by atoms with Crippen LogP contribution in [0.15, 0.2) is 52.8 Å². The molecule has 0 bridgehead atoms. The van der Waals surface area contributed by atoms with Crippen molar-refractivity contribution in [2.45, 2.75) is 43.8 Å². The zero-order valence-corrected chi connectivity index (χ0v) is 17.2. The molecule has 6 unspecified atom stereocenters. The molecule has 3 heterocycles. The predicted molar refractivity (Wildman–Crippen MR) is 110 cm³/mol. The summed E-state index contributed by atoms with van der Waals surface area (Å²) in [6.07, 6.45) is 14.1. The molecular weight excluding hydrogens is 399 g/mol. The van der Waals surface area contributed by atoms with Crippen LogP contribution in [0.1, 0.15) is 32.1 Å². The Balaban J connectivity index is 1.19. The fourth-order valence-corrected chi connectivity index (χ4v) is 6.19. The van der Waals surface area contributed by atoms with Gasteiger partial charge in [0.05, 0.1) is 5.92 Å². The second kappa shape index (κ2) is 6.90. The van der Waals surface area contributed by atoms with Gasteiger partial charge in [0, 0.05) is 44.2 Å². The molecule has 7 heteroatoms. The third kappa shape index (κ3) is 2.92. The second-order valence-corrected chi connectivity index (χ2v) is 9.47. The molecule has 6 nitrogen and oxygen atoms in total. The molecule has 162 valence electrons. The Labute approximate surface area is 180 Å². The number of hydrogen-bond acceptors (Lipinski definition) is 5. The molecule has 0 radical (unpaired) electrons. The van der Waals surface area contributed by atoms with E-state index in [0.717, 1.165) is 6.42 Å². The Kier molecular flexibility index (Phi) is 4.24. The van der Waals surface area contributed by atoms with E-state index in [1.54, 1.807) is 12.2 Å². The minimum absolute atomic E-state index is 0.0915. The first-order valence-electron chi connectivity index (χ1n) is 11.2. The summed E-state index contributed by atoms with van der Waals surface area (Å²) in [5.74, 6) is -1.55. The summed E-state index contributed by atoms with van der Waals surface area (Å²) < 4.78 is 26.6. The Morgan fingerprint density at radius 3 is 2.90 bits per heavy atom. The summed E-state index contributed by atoms with van der Waals surface area (Å²) in [4.78, 5) is 31.6. The first-order valence-corrected chi connectivity index (χ1v) is 11.2. The van der Waals surface area contributed by atoms with Gasteiger partial charge in [-0.05, 0) is 24.8 Å². The van der Waals surface area contributed by atoms with Crippen LogP contribution in [0.25, 0.3) is 0 Å². The van der Waals surface area contributed by atoms with Crippen LogP contribution in [0.5, 0.6) is 0 Å². The van der Waals surface area contributed by atoms with Crippen molar-refractivity contribution in [1.82, 2.24) is 4.90 Å². The minimum Gasteiger partial charge on any atom is -0.462 e. The maximum absolute atomic E-state index is 14.7. The van der Waals surface area contributed by atoms with E-state index in [4.69, 9.17) is 9.47 Å². The Morgan fingerprint density at radius 1 is 1.16 bits per heavy atom. The van der Waals surface area contributed by atoms with Gasteiger partial charge in [0.2, 0.25) is 0 Å². The fraction of sp³-hybridized carbons (Fsp3) is 0.542. The number of ether oxygens (including phenoxy) is 2. The molecule has 3 aliphatic carbocycles. The number of rotatable bonds is 0. The zero-order valence-electron chi connectivity index (χ0n) is 17.2. The van der Waals surface area contributed by atoms with Crippen LogP contribution in [0.3, 0.4) is 0 Å². The fourth-order valence-electron chi connectivity index (χ4n) is 6.19. The number of amidine groups is 1. The lowest BCUT2D eigenvalue weighted by molar-refractivity contribution is -0.168. The van der Waals surface area contributed by atoms with Crippen LogP contribution in [0, 0.1) is 23.7 Å². The highest BCUT2D eigenvalue weighted by Crippen LogP contribution is 2.48. The summed E-state index contributed by atoms with van der Waals surface area (Å²) in [6.45, 7) is 1.15. The van der Waals surface area contributed by atoms with Gasteiger partial charge in [-0.25, -0.2) is 4.39 Å². The van der Waals surface area contributed by atoms with Crippen LogP contribution < -0.4 is 0 Å². The van der Waals surface area contributed by atoms with Gasteiger partial charge in [0.1, 0.15) is 11.9 Å². The van der Waals surface area contributed by atoms with Gasteiger partial charge in [-0.15, -0.1) is 0 Å². The highest BCUT2D eigenvalue weighted by Gasteiger charge is 2.55. The van der Waals surface area contributed by atoms with Crippen LogP contribution >= 0.6 is 0 Å². The number of carbonyl (C=O) groups excluding carboxylic acids is 2. The number of esters is 1. The van der Waals surface area contributed by atoms with E-state index >= 15 is 0 Å². The molecule has 1 saturated carbocycles. The molecule has 1 spiro atoms. The topological polar surface area (TPSA) is 68.2 Å². The molecule has 3 fully saturated rings. The van der Waals surface area contributed by atoms with E-state index in [-0.39, 0.29) is 29.7 Å². The third-order valence-corrected chi connectivity index (χ3v) is 7.77. The van der Waals surface area contributed by atoms with Crippen molar-refractivity contribution in [1.29, 1.82) is 0 Å². The summed E-state index contributed by atoms with van der Waals surface area (Å²) in [7, 11) is 0. The maximum Gasteiger partial charge on any atom is 0.313 e. The monoisotopic (exact) mass is 424 g/mol. The molecular formula is C24H25FN2O4. The summed E-state index contributed by atoms with van der Waals surface area (Å²) in [6, 6.07) is 0.373. The molecule has 6 aliphatic rings. The lowest BCUT2D eigenvalue weighted by atomic mass is 9.72. The van der Waals surface area contributed by atoms with Gasteiger partial charge in [0.25, 0.3) is 11.9 Å². The van der Waals surface area contributed by atoms with E-state index in [2.05, 4.69) is 17.1 Å². The number of fused-ring (bicyclic) bond motifs is 4. The molecule has 0 aromatic rings. The molecule has 0 aromatic carbocycles. The van der Waals surface area contributed by atoms with Crippen LogP contribution in [0.2, 0.25) is 0 Å². The number of likely N-dealkylation sites (tertiary alicyclic amines) is 1. The number of nitrogens with zero attached hydrogens (tertiary/aromatic N) is 2. The normalized spacial score (nSPS) is 40.9. The Bertz CT molecular complexity index is 996. The molecule has 2 saturated heterocycles. The van der Waals surface area contributed by atoms with Gasteiger partial charge in [-0.3, -0.25) is 9.59 Å². The summed E-state index contributed by atoms with van der Waals surface area (Å²) in [5, 5.41) is 0. The average molecular weight is 424 g/mol. The first kappa shape index (κ1) is 19.0. The van der Waals surface area contributed by atoms with Crippen molar-refractivity contribution in [2.24, 2.45) is 28.7 Å². The van der Waals surface area contributed by atoms with Crippen molar-refractivity contribution in [3.63, 3.8) is 0 Å². The number of hydrogen-bond donors (Lipinski definition) is 0. The highest BCUT2D eigenvalue weighted by atomic mass is 19.1. The highest BCUT2D eigenvalue weighted by molar-refractivity contribution is 6.02.